The number of halogens is 3. The molecule has 0 aliphatic heterocycles. The number of rotatable bonds is 4. The quantitative estimate of drug-likeness (QED) is 0.821. The molecule has 1 N–H and O–H groups in total. The zero-order chi connectivity index (χ0) is 12.9. The maximum absolute atomic E-state index is 12.3. The van der Waals surface area contributed by atoms with Gasteiger partial charge in [-0.1, -0.05) is 0 Å². The van der Waals surface area contributed by atoms with Crippen LogP contribution in [0.2, 0.25) is 0 Å². The second-order valence-corrected chi connectivity index (χ2v) is 3.55. The first kappa shape index (κ1) is 13.5. The van der Waals surface area contributed by atoms with E-state index in [9.17, 15) is 13.2 Å². The summed E-state index contributed by atoms with van der Waals surface area (Å²) in [6, 6.07) is 2.29. The van der Waals surface area contributed by atoms with Crippen LogP contribution in [0.4, 0.5) is 13.2 Å². The van der Waals surface area contributed by atoms with Crippen molar-refractivity contribution in [2.45, 2.75) is 25.1 Å². The van der Waals surface area contributed by atoms with Gasteiger partial charge >= 0.3 is 6.18 Å². The molecule has 1 aromatic heterocycles. The topological polar surface area (TPSA) is 24.9 Å². The van der Waals surface area contributed by atoms with Gasteiger partial charge in [0.25, 0.3) is 0 Å². The molecule has 0 saturated carbocycles. The van der Waals surface area contributed by atoms with Crippen LogP contribution in [0.3, 0.4) is 0 Å². The Labute approximate surface area is 98.3 Å². The Kier molecular flexibility index (Phi) is 4.53. The summed E-state index contributed by atoms with van der Waals surface area (Å²) in [7, 11) is 1.72. The number of hydrogen-bond acceptors (Lipinski definition) is 2. The van der Waals surface area contributed by atoms with Gasteiger partial charge in [0.05, 0.1) is 17.3 Å². The Hall–Kier alpha value is -1.54. The standard InChI is InChI=1S/C12H13F3N2/c1-3-4-5-10(16-2)11-7-6-9(8-17-11)12(13,14)15/h1,6-8,10,16H,4-5H2,2H3. The Morgan fingerprint density at radius 2 is 2.18 bits per heavy atom. The predicted molar refractivity (Wildman–Crippen MR) is 59.1 cm³/mol. The van der Waals surface area contributed by atoms with Gasteiger partial charge < -0.3 is 5.32 Å². The summed E-state index contributed by atoms with van der Waals surface area (Å²) in [6.45, 7) is 0. The van der Waals surface area contributed by atoms with Crippen molar-refractivity contribution in [2.75, 3.05) is 7.05 Å². The predicted octanol–water partition coefficient (Wildman–Crippen LogP) is 2.77. The number of aromatic nitrogens is 1. The molecule has 0 saturated heterocycles. The van der Waals surface area contributed by atoms with E-state index < -0.39 is 11.7 Å². The second-order valence-electron chi connectivity index (χ2n) is 3.55. The minimum Gasteiger partial charge on any atom is -0.312 e. The summed E-state index contributed by atoms with van der Waals surface area (Å²) in [5, 5.41) is 2.97. The van der Waals surface area contributed by atoms with Gasteiger partial charge in [0, 0.05) is 12.6 Å². The van der Waals surface area contributed by atoms with Crippen molar-refractivity contribution >= 4 is 0 Å². The zero-order valence-corrected chi connectivity index (χ0v) is 9.38. The van der Waals surface area contributed by atoms with Gasteiger partial charge in [-0.05, 0) is 25.6 Å². The van der Waals surface area contributed by atoms with Gasteiger partial charge in [0.15, 0.2) is 0 Å². The molecule has 5 heteroatoms. The summed E-state index contributed by atoms with van der Waals surface area (Å²) in [5.74, 6) is 2.49. The summed E-state index contributed by atoms with van der Waals surface area (Å²) in [5.41, 5.74) is -0.177. The third-order valence-corrected chi connectivity index (χ3v) is 2.40. The molecule has 0 spiro atoms. The molecular formula is C12H13F3N2. The maximum Gasteiger partial charge on any atom is 0.417 e. The Morgan fingerprint density at radius 3 is 2.59 bits per heavy atom. The number of hydrogen-bond donors (Lipinski definition) is 1. The minimum atomic E-state index is -4.35. The van der Waals surface area contributed by atoms with Crippen LogP contribution < -0.4 is 5.32 Å². The van der Waals surface area contributed by atoms with Crippen LogP contribution in [0.25, 0.3) is 0 Å². The van der Waals surface area contributed by atoms with Crippen LogP contribution >= 0.6 is 0 Å². The Morgan fingerprint density at radius 1 is 1.47 bits per heavy atom. The van der Waals surface area contributed by atoms with E-state index in [2.05, 4.69) is 16.2 Å². The summed E-state index contributed by atoms with van der Waals surface area (Å²) in [4.78, 5) is 3.82. The number of nitrogens with zero attached hydrogens (tertiary/aromatic N) is 1. The molecule has 1 atom stereocenters. The first-order chi connectivity index (χ1) is 7.99. The van der Waals surface area contributed by atoms with Gasteiger partial charge in [0.2, 0.25) is 0 Å². The van der Waals surface area contributed by atoms with Crippen molar-refractivity contribution in [3.63, 3.8) is 0 Å². The monoisotopic (exact) mass is 242 g/mol. The van der Waals surface area contributed by atoms with Crippen LogP contribution in [-0.4, -0.2) is 12.0 Å². The normalized spacial score (nSPS) is 13.1. The molecule has 0 aromatic carbocycles. The fourth-order valence-electron chi connectivity index (χ4n) is 1.45. The van der Waals surface area contributed by atoms with Gasteiger partial charge in [-0.2, -0.15) is 13.2 Å². The molecular weight excluding hydrogens is 229 g/mol. The Balaban J connectivity index is 2.82. The number of terminal acetylenes is 1. The Bertz CT molecular complexity index is 390. The van der Waals surface area contributed by atoms with Crippen LogP contribution in [0, 0.1) is 12.3 Å². The number of pyridine rings is 1. The molecule has 1 heterocycles. The molecule has 0 aliphatic carbocycles. The molecule has 0 bridgehead atoms. The zero-order valence-electron chi connectivity index (χ0n) is 9.38. The van der Waals surface area contributed by atoms with E-state index >= 15 is 0 Å². The average Bonchev–Trinajstić information content (AvgIpc) is 2.29. The molecule has 1 unspecified atom stereocenters. The van der Waals surface area contributed by atoms with E-state index in [4.69, 9.17) is 6.42 Å². The van der Waals surface area contributed by atoms with Gasteiger partial charge in [-0.3, -0.25) is 4.98 Å². The van der Waals surface area contributed by atoms with Crippen molar-refractivity contribution in [1.29, 1.82) is 0 Å². The van der Waals surface area contributed by atoms with Crippen LogP contribution in [0.15, 0.2) is 18.3 Å². The van der Waals surface area contributed by atoms with E-state index in [0.29, 0.717) is 18.5 Å². The lowest BCUT2D eigenvalue weighted by molar-refractivity contribution is -0.137. The van der Waals surface area contributed by atoms with Crippen LogP contribution in [-0.2, 0) is 6.18 Å². The van der Waals surface area contributed by atoms with Crippen LogP contribution in [0.1, 0.15) is 30.1 Å². The van der Waals surface area contributed by atoms with Crippen molar-refractivity contribution in [1.82, 2.24) is 10.3 Å². The lowest BCUT2D eigenvalue weighted by Gasteiger charge is -2.15. The summed E-state index contributed by atoms with van der Waals surface area (Å²) in [6.07, 6.45) is 2.83. The highest BCUT2D eigenvalue weighted by Gasteiger charge is 2.30. The molecule has 1 aromatic rings. The van der Waals surface area contributed by atoms with E-state index in [-0.39, 0.29) is 6.04 Å². The fourth-order valence-corrected chi connectivity index (χ4v) is 1.45. The van der Waals surface area contributed by atoms with Gasteiger partial charge in [-0.15, -0.1) is 12.3 Å². The van der Waals surface area contributed by atoms with Crippen molar-refractivity contribution in [3.8, 4) is 12.3 Å². The molecule has 0 radical (unpaired) electrons. The van der Waals surface area contributed by atoms with Crippen molar-refractivity contribution < 1.29 is 13.2 Å². The molecule has 1 rings (SSSR count). The molecule has 17 heavy (non-hydrogen) atoms. The number of alkyl halides is 3. The van der Waals surface area contributed by atoms with Gasteiger partial charge in [-0.25, -0.2) is 0 Å². The SMILES string of the molecule is C#CCCC(NC)c1ccc(C(F)(F)F)cn1. The third-order valence-electron chi connectivity index (χ3n) is 2.40. The van der Waals surface area contributed by atoms with E-state index in [0.717, 1.165) is 12.3 Å². The van der Waals surface area contributed by atoms with Gasteiger partial charge in [0.1, 0.15) is 0 Å². The smallest absolute Gasteiger partial charge is 0.312 e. The first-order valence-electron chi connectivity index (χ1n) is 5.13. The third kappa shape index (κ3) is 3.75. The van der Waals surface area contributed by atoms with E-state index in [1.54, 1.807) is 7.05 Å². The summed E-state index contributed by atoms with van der Waals surface area (Å²) >= 11 is 0. The minimum absolute atomic E-state index is 0.117. The fraction of sp³-hybridized carbons (Fsp3) is 0.417. The molecule has 2 nitrogen and oxygen atoms in total. The maximum atomic E-state index is 12.3. The van der Waals surface area contributed by atoms with E-state index in [1.165, 1.54) is 6.07 Å². The lowest BCUT2D eigenvalue weighted by Crippen LogP contribution is -2.18. The lowest BCUT2D eigenvalue weighted by atomic mass is 10.1. The summed E-state index contributed by atoms with van der Waals surface area (Å²) < 4.78 is 37.0. The average molecular weight is 242 g/mol. The largest absolute Gasteiger partial charge is 0.417 e. The second kappa shape index (κ2) is 5.69. The molecule has 92 valence electrons. The highest BCUT2D eigenvalue weighted by Crippen LogP contribution is 2.29. The molecule has 0 amide bonds. The number of nitrogens with one attached hydrogen (secondary N) is 1. The first-order valence-corrected chi connectivity index (χ1v) is 5.13. The molecule has 0 aliphatic rings. The van der Waals surface area contributed by atoms with E-state index in [1.807, 2.05) is 0 Å². The van der Waals surface area contributed by atoms with Crippen LogP contribution in [0.5, 0.6) is 0 Å². The van der Waals surface area contributed by atoms with Crippen molar-refractivity contribution in [2.24, 2.45) is 0 Å². The highest BCUT2D eigenvalue weighted by molar-refractivity contribution is 5.19. The van der Waals surface area contributed by atoms with Crippen molar-refractivity contribution in [3.05, 3.63) is 29.6 Å². The molecule has 0 fully saturated rings. The highest BCUT2D eigenvalue weighted by atomic mass is 19.4.